The molecule has 3 aromatic rings. The van der Waals surface area contributed by atoms with E-state index in [1.165, 1.54) is 18.2 Å². The molecule has 32 heavy (non-hydrogen) atoms. The molecule has 0 aliphatic rings. The highest BCUT2D eigenvalue weighted by Crippen LogP contribution is 2.34. The summed E-state index contributed by atoms with van der Waals surface area (Å²) >= 11 is 0. The lowest BCUT2D eigenvalue weighted by molar-refractivity contribution is -0.137. The summed E-state index contributed by atoms with van der Waals surface area (Å²) in [5.41, 5.74) is -4.69. The second-order valence-corrected chi connectivity index (χ2v) is 9.36. The third-order valence-electron chi connectivity index (χ3n) is 4.74. The molecular weight excluding hydrogens is 445 g/mol. The molecule has 0 aliphatic carbocycles. The minimum Gasteiger partial charge on any atom is -0.379 e. The van der Waals surface area contributed by atoms with E-state index in [0.717, 1.165) is 24.4 Å². The Morgan fingerprint density at radius 2 is 1.72 bits per heavy atom. The Kier molecular flexibility index (Phi) is 6.00. The summed E-state index contributed by atoms with van der Waals surface area (Å²) in [5.74, 6) is -2.20. The molecule has 1 amide bonds. The minimum atomic E-state index is -4.84. The molecule has 0 heterocycles. The van der Waals surface area contributed by atoms with Crippen LogP contribution in [0.25, 0.3) is 10.8 Å². The molecule has 1 unspecified atom stereocenters. The van der Waals surface area contributed by atoms with Crippen LogP contribution in [0.4, 0.5) is 18.9 Å². The smallest absolute Gasteiger partial charge is 0.379 e. The lowest BCUT2D eigenvalue weighted by Crippen LogP contribution is -2.45. The second kappa shape index (κ2) is 8.26. The maximum absolute atomic E-state index is 13.1. The number of nitrogens with zero attached hydrogens (tertiary/aromatic N) is 1. The summed E-state index contributed by atoms with van der Waals surface area (Å²) in [6, 6.07) is 15.3. The number of amides is 1. The molecule has 0 fully saturated rings. The van der Waals surface area contributed by atoms with Crippen molar-refractivity contribution in [2.45, 2.75) is 23.6 Å². The van der Waals surface area contributed by atoms with Crippen LogP contribution in [0.3, 0.4) is 0 Å². The van der Waals surface area contributed by atoms with Crippen LogP contribution in [0.15, 0.2) is 65.6 Å². The van der Waals surface area contributed by atoms with Gasteiger partial charge in [0.15, 0.2) is 15.4 Å². The Morgan fingerprint density at radius 1 is 1.06 bits per heavy atom. The highest BCUT2D eigenvalue weighted by molar-refractivity contribution is 7.91. The molecule has 0 aliphatic heterocycles. The lowest BCUT2D eigenvalue weighted by Gasteiger charge is -2.22. The molecule has 0 aromatic heterocycles. The van der Waals surface area contributed by atoms with Crippen LogP contribution in [-0.4, -0.2) is 30.8 Å². The van der Waals surface area contributed by atoms with Crippen molar-refractivity contribution >= 4 is 32.2 Å². The van der Waals surface area contributed by atoms with Gasteiger partial charge in [0.1, 0.15) is 0 Å². The molecule has 0 saturated carbocycles. The number of carbonyl (C=O) groups is 1. The molecule has 166 valence electrons. The summed E-state index contributed by atoms with van der Waals surface area (Å²) < 4.78 is 64.9. The number of anilines is 1. The van der Waals surface area contributed by atoms with Crippen molar-refractivity contribution in [3.63, 3.8) is 0 Å². The first-order chi connectivity index (χ1) is 14.8. The number of nitriles is 1. The van der Waals surface area contributed by atoms with Crippen LogP contribution < -0.4 is 5.32 Å². The lowest BCUT2D eigenvalue weighted by atomic mass is 10.1. The van der Waals surface area contributed by atoms with Crippen molar-refractivity contribution < 1.29 is 31.5 Å². The standard InChI is InChI=1S/C22H17F3N2O4S/c1-21(29,13-32(30,31)18-9-7-14-4-2-3-5-15(14)10-18)20(28)27-17-8-6-16(12-26)19(11-17)22(23,24)25/h2-11,29H,13H2,1H3,(H,27,28). The van der Waals surface area contributed by atoms with Crippen molar-refractivity contribution in [1.82, 2.24) is 0 Å². The van der Waals surface area contributed by atoms with Gasteiger partial charge >= 0.3 is 6.18 Å². The first-order valence-corrected chi connectivity index (χ1v) is 10.9. The maximum atomic E-state index is 13.1. The van der Waals surface area contributed by atoms with Gasteiger partial charge in [-0.2, -0.15) is 18.4 Å². The quantitative estimate of drug-likeness (QED) is 0.598. The van der Waals surface area contributed by atoms with E-state index in [4.69, 9.17) is 5.26 Å². The fourth-order valence-corrected chi connectivity index (χ4v) is 4.72. The van der Waals surface area contributed by atoms with E-state index in [-0.39, 0.29) is 10.6 Å². The Hall–Kier alpha value is -3.42. The number of sulfone groups is 1. The van der Waals surface area contributed by atoms with Gasteiger partial charge in [-0.25, -0.2) is 8.42 Å². The zero-order valence-corrected chi connectivity index (χ0v) is 17.5. The number of aliphatic hydroxyl groups is 1. The van der Waals surface area contributed by atoms with Crippen molar-refractivity contribution in [3.8, 4) is 6.07 Å². The fourth-order valence-electron chi connectivity index (χ4n) is 3.10. The predicted molar refractivity (Wildman–Crippen MR) is 111 cm³/mol. The topological polar surface area (TPSA) is 107 Å². The predicted octanol–water partition coefficient (Wildman–Crippen LogP) is 3.89. The van der Waals surface area contributed by atoms with Crippen molar-refractivity contribution in [3.05, 3.63) is 71.8 Å². The van der Waals surface area contributed by atoms with Gasteiger partial charge in [-0.3, -0.25) is 4.79 Å². The molecule has 0 spiro atoms. The Labute approximate surface area is 181 Å². The van der Waals surface area contributed by atoms with Crippen LogP contribution in [0.2, 0.25) is 0 Å². The first-order valence-electron chi connectivity index (χ1n) is 9.20. The maximum Gasteiger partial charge on any atom is 0.417 e. The summed E-state index contributed by atoms with van der Waals surface area (Å²) in [6.45, 7) is 0.954. The number of fused-ring (bicyclic) bond motifs is 1. The monoisotopic (exact) mass is 462 g/mol. The van der Waals surface area contributed by atoms with Gasteiger partial charge in [0, 0.05) is 5.69 Å². The van der Waals surface area contributed by atoms with Gasteiger partial charge in [0.2, 0.25) is 0 Å². The number of benzene rings is 3. The summed E-state index contributed by atoms with van der Waals surface area (Å²) in [5, 5.41) is 22.9. The fraction of sp³-hybridized carbons (Fsp3) is 0.182. The van der Waals surface area contributed by atoms with E-state index in [9.17, 15) is 31.5 Å². The van der Waals surface area contributed by atoms with Crippen LogP contribution in [-0.2, 0) is 20.8 Å². The van der Waals surface area contributed by atoms with Gasteiger partial charge in [0.05, 0.1) is 27.8 Å². The van der Waals surface area contributed by atoms with Crippen molar-refractivity contribution in [2.75, 3.05) is 11.1 Å². The highest BCUT2D eigenvalue weighted by atomic mass is 32.2. The molecule has 2 N–H and O–H groups in total. The number of halogens is 3. The van der Waals surface area contributed by atoms with Crippen LogP contribution in [0.5, 0.6) is 0 Å². The number of nitrogens with one attached hydrogen (secondary N) is 1. The third kappa shape index (κ3) is 4.90. The minimum absolute atomic E-state index is 0.109. The summed E-state index contributed by atoms with van der Waals surface area (Å²) in [6.07, 6.45) is -4.84. The van der Waals surface area contributed by atoms with Crippen LogP contribution in [0.1, 0.15) is 18.1 Å². The van der Waals surface area contributed by atoms with E-state index >= 15 is 0 Å². The Morgan fingerprint density at radius 3 is 2.34 bits per heavy atom. The number of carbonyl (C=O) groups excluding carboxylic acids is 1. The van der Waals surface area contributed by atoms with Crippen molar-refractivity contribution in [1.29, 1.82) is 5.26 Å². The van der Waals surface area contributed by atoms with E-state index < -0.39 is 44.4 Å². The largest absolute Gasteiger partial charge is 0.417 e. The number of alkyl halides is 3. The van der Waals surface area contributed by atoms with Gasteiger partial charge in [-0.1, -0.05) is 30.3 Å². The molecule has 0 bridgehead atoms. The average molecular weight is 462 g/mol. The Balaban J connectivity index is 1.84. The molecule has 10 heteroatoms. The van der Waals surface area contributed by atoms with Gasteiger partial charge in [-0.05, 0) is 48.0 Å². The van der Waals surface area contributed by atoms with Crippen molar-refractivity contribution in [2.24, 2.45) is 0 Å². The first kappa shape index (κ1) is 23.2. The zero-order chi connectivity index (χ0) is 23.7. The molecule has 0 radical (unpaired) electrons. The van der Waals surface area contributed by atoms with Gasteiger partial charge in [-0.15, -0.1) is 0 Å². The summed E-state index contributed by atoms with van der Waals surface area (Å²) in [7, 11) is -4.12. The normalized spacial score (nSPS) is 13.9. The molecule has 6 nitrogen and oxygen atoms in total. The highest BCUT2D eigenvalue weighted by Gasteiger charge is 2.38. The van der Waals surface area contributed by atoms with E-state index in [2.05, 4.69) is 5.32 Å². The molecular formula is C22H17F3N2O4S. The number of rotatable bonds is 5. The molecule has 3 aromatic carbocycles. The SMILES string of the molecule is CC(O)(CS(=O)(=O)c1ccc2ccccc2c1)C(=O)Nc1ccc(C#N)c(C(F)(F)F)c1. The number of hydrogen-bond donors (Lipinski definition) is 2. The van der Waals surface area contributed by atoms with Gasteiger partial charge in [0.25, 0.3) is 5.91 Å². The Bertz CT molecular complexity index is 1340. The van der Waals surface area contributed by atoms with E-state index in [1.807, 2.05) is 0 Å². The van der Waals surface area contributed by atoms with E-state index in [1.54, 1.807) is 30.3 Å². The second-order valence-electron chi connectivity index (χ2n) is 7.37. The summed E-state index contributed by atoms with van der Waals surface area (Å²) in [4.78, 5) is 12.4. The van der Waals surface area contributed by atoms with E-state index in [0.29, 0.717) is 11.5 Å². The number of hydrogen-bond acceptors (Lipinski definition) is 5. The van der Waals surface area contributed by atoms with Crippen LogP contribution >= 0.6 is 0 Å². The van der Waals surface area contributed by atoms with Gasteiger partial charge < -0.3 is 10.4 Å². The molecule has 1 atom stereocenters. The zero-order valence-electron chi connectivity index (χ0n) is 16.6. The van der Waals surface area contributed by atoms with Crippen LogP contribution in [0, 0.1) is 11.3 Å². The molecule has 3 rings (SSSR count). The average Bonchev–Trinajstić information content (AvgIpc) is 2.72. The third-order valence-corrected chi connectivity index (χ3v) is 6.66. The molecule has 0 saturated heterocycles.